The van der Waals surface area contributed by atoms with Gasteiger partial charge in [0.25, 0.3) is 0 Å². The number of Topliss-reactive ketones (excluding diaryl/α,β-unsaturated/α-hetero) is 1. The molecule has 0 amide bonds. The van der Waals surface area contributed by atoms with E-state index in [4.69, 9.17) is 9.47 Å². The van der Waals surface area contributed by atoms with Crippen LogP contribution in [0.2, 0.25) is 0 Å². The van der Waals surface area contributed by atoms with E-state index in [1.54, 1.807) is 14.2 Å². The largest absolute Gasteiger partial charge is 0.355 e. The molecule has 0 saturated carbocycles. The fraction of sp³-hybridized carbons (Fsp3) is 0.900. The molecule has 0 heterocycles. The third kappa shape index (κ3) is 6.72. The van der Waals surface area contributed by atoms with Crippen molar-refractivity contribution < 1.29 is 14.3 Å². The predicted molar refractivity (Wildman–Crippen MR) is 51.5 cm³/mol. The van der Waals surface area contributed by atoms with Gasteiger partial charge >= 0.3 is 0 Å². The molecule has 0 aromatic rings. The molecule has 13 heavy (non-hydrogen) atoms. The Balaban J connectivity index is 3.60. The van der Waals surface area contributed by atoms with E-state index in [9.17, 15) is 4.79 Å². The standard InChI is InChI=1S/C10H20O3/c1-8(2)5-6-9(11)7-10(12-3)13-4/h8,10H,5-7H2,1-4H3. The van der Waals surface area contributed by atoms with Gasteiger partial charge in [0, 0.05) is 20.6 Å². The Morgan fingerprint density at radius 2 is 1.77 bits per heavy atom. The molecular weight excluding hydrogens is 168 g/mol. The van der Waals surface area contributed by atoms with Crippen molar-refractivity contribution in [3.63, 3.8) is 0 Å². The van der Waals surface area contributed by atoms with Gasteiger partial charge in [-0.1, -0.05) is 13.8 Å². The number of rotatable bonds is 7. The SMILES string of the molecule is COC(CC(=O)CCC(C)C)OC. The first-order chi connectivity index (χ1) is 6.10. The number of hydrogen-bond donors (Lipinski definition) is 0. The van der Waals surface area contributed by atoms with Gasteiger partial charge in [0.2, 0.25) is 0 Å². The van der Waals surface area contributed by atoms with Gasteiger partial charge < -0.3 is 9.47 Å². The van der Waals surface area contributed by atoms with Gasteiger partial charge in [-0.05, 0) is 12.3 Å². The smallest absolute Gasteiger partial charge is 0.163 e. The lowest BCUT2D eigenvalue weighted by Crippen LogP contribution is -2.18. The molecule has 0 aliphatic heterocycles. The van der Waals surface area contributed by atoms with Crippen LogP contribution in [0.25, 0.3) is 0 Å². The number of methoxy groups -OCH3 is 2. The van der Waals surface area contributed by atoms with Crippen LogP contribution in [0.4, 0.5) is 0 Å². The van der Waals surface area contributed by atoms with Crippen molar-refractivity contribution in [3.05, 3.63) is 0 Å². The quantitative estimate of drug-likeness (QED) is 0.573. The number of ketones is 1. The molecule has 0 aromatic carbocycles. The lowest BCUT2D eigenvalue weighted by atomic mass is 10.0. The molecular formula is C10H20O3. The van der Waals surface area contributed by atoms with E-state index in [-0.39, 0.29) is 12.1 Å². The predicted octanol–water partition coefficient (Wildman–Crippen LogP) is 2.00. The zero-order valence-electron chi connectivity index (χ0n) is 9.00. The molecule has 0 bridgehead atoms. The third-order valence-electron chi connectivity index (χ3n) is 1.92. The van der Waals surface area contributed by atoms with Crippen LogP contribution >= 0.6 is 0 Å². The Morgan fingerprint density at radius 1 is 1.23 bits per heavy atom. The van der Waals surface area contributed by atoms with E-state index in [1.165, 1.54) is 0 Å². The fourth-order valence-electron chi connectivity index (χ4n) is 1.00. The van der Waals surface area contributed by atoms with Crippen molar-refractivity contribution in [2.75, 3.05) is 14.2 Å². The Kier molecular flexibility index (Phi) is 6.82. The topological polar surface area (TPSA) is 35.5 Å². The molecule has 0 radical (unpaired) electrons. The Bertz CT molecular complexity index is 139. The minimum absolute atomic E-state index is 0.211. The molecule has 0 fully saturated rings. The van der Waals surface area contributed by atoms with E-state index < -0.39 is 0 Å². The van der Waals surface area contributed by atoms with Gasteiger partial charge in [0.05, 0.1) is 6.42 Å². The summed E-state index contributed by atoms with van der Waals surface area (Å²) in [7, 11) is 3.09. The Labute approximate surface area is 80.4 Å². The summed E-state index contributed by atoms with van der Waals surface area (Å²) in [5.74, 6) is 0.787. The minimum atomic E-state index is -0.375. The lowest BCUT2D eigenvalue weighted by molar-refractivity contribution is -0.137. The zero-order chi connectivity index (χ0) is 10.3. The highest BCUT2D eigenvalue weighted by molar-refractivity contribution is 5.78. The van der Waals surface area contributed by atoms with Crippen molar-refractivity contribution in [1.29, 1.82) is 0 Å². The monoisotopic (exact) mass is 188 g/mol. The fourth-order valence-corrected chi connectivity index (χ4v) is 1.00. The maximum atomic E-state index is 11.3. The van der Waals surface area contributed by atoms with Crippen LogP contribution in [0.5, 0.6) is 0 Å². The average molecular weight is 188 g/mol. The molecule has 0 N–H and O–H groups in total. The van der Waals surface area contributed by atoms with E-state index in [0.29, 0.717) is 18.8 Å². The second kappa shape index (κ2) is 7.04. The summed E-state index contributed by atoms with van der Waals surface area (Å²) in [4.78, 5) is 11.3. The Hall–Kier alpha value is -0.410. The first-order valence-electron chi connectivity index (χ1n) is 4.67. The third-order valence-corrected chi connectivity index (χ3v) is 1.92. The summed E-state index contributed by atoms with van der Waals surface area (Å²) in [6.45, 7) is 4.22. The maximum Gasteiger partial charge on any atom is 0.163 e. The molecule has 0 aliphatic rings. The molecule has 0 saturated heterocycles. The molecule has 3 nitrogen and oxygen atoms in total. The van der Waals surface area contributed by atoms with Gasteiger partial charge in [-0.25, -0.2) is 0 Å². The average Bonchev–Trinajstić information content (AvgIpc) is 2.10. The first kappa shape index (κ1) is 12.6. The summed E-state index contributed by atoms with van der Waals surface area (Å²) >= 11 is 0. The van der Waals surface area contributed by atoms with E-state index in [1.807, 2.05) is 0 Å². The van der Waals surface area contributed by atoms with Crippen molar-refractivity contribution in [2.45, 2.75) is 39.4 Å². The van der Waals surface area contributed by atoms with Crippen LogP contribution in [0.15, 0.2) is 0 Å². The number of carbonyl (C=O) groups excluding carboxylic acids is 1. The first-order valence-corrected chi connectivity index (χ1v) is 4.67. The molecule has 78 valence electrons. The number of ether oxygens (including phenoxy) is 2. The van der Waals surface area contributed by atoms with Crippen LogP contribution in [-0.2, 0) is 14.3 Å². The van der Waals surface area contributed by atoms with Crippen molar-refractivity contribution in [2.24, 2.45) is 5.92 Å². The molecule has 3 heteroatoms. The molecule has 0 atom stereocenters. The second-order valence-electron chi connectivity index (χ2n) is 3.58. The van der Waals surface area contributed by atoms with Crippen LogP contribution < -0.4 is 0 Å². The lowest BCUT2D eigenvalue weighted by Gasteiger charge is -2.12. The van der Waals surface area contributed by atoms with Crippen molar-refractivity contribution in [3.8, 4) is 0 Å². The minimum Gasteiger partial charge on any atom is -0.355 e. The van der Waals surface area contributed by atoms with Crippen LogP contribution in [0.3, 0.4) is 0 Å². The highest BCUT2D eigenvalue weighted by Crippen LogP contribution is 2.08. The summed E-state index contributed by atoms with van der Waals surface area (Å²) in [5.41, 5.74) is 0. The van der Waals surface area contributed by atoms with Gasteiger partial charge in [-0.15, -0.1) is 0 Å². The van der Waals surface area contributed by atoms with E-state index in [2.05, 4.69) is 13.8 Å². The molecule has 0 unspecified atom stereocenters. The molecule has 0 spiro atoms. The summed E-state index contributed by atoms with van der Waals surface area (Å²) < 4.78 is 9.87. The van der Waals surface area contributed by atoms with Crippen LogP contribution in [0.1, 0.15) is 33.1 Å². The number of carbonyl (C=O) groups is 1. The van der Waals surface area contributed by atoms with E-state index in [0.717, 1.165) is 6.42 Å². The van der Waals surface area contributed by atoms with Crippen LogP contribution in [-0.4, -0.2) is 26.3 Å². The normalized spacial score (nSPS) is 11.2. The van der Waals surface area contributed by atoms with Crippen molar-refractivity contribution in [1.82, 2.24) is 0 Å². The van der Waals surface area contributed by atoms with Crippen molar-refractivity contribution >= 4 is 5.78 Å². The molecule has 0 aromatic heterocycles. The highest BCUT2D eigenvalue weighted by atomic mass is 16.7. The summed E-state index contributed by atoms with van der Waals surface area (Å²) in [5, 5.41) is 0. The summed E-state index contributed by atoms with van der Waals surface area (Å²) in [6, 6.07) is 0. The molecule has 0 rings (SSSR count). The highest BCUT2D eigenvalue weighted by Gasteiger charge is 2.11. The maximum absolute atomic E-state index is 11.3. The molecule has 0 aliphatic carbocycles. The second-order valence-corrected chi connectivity index (χ2v) is 3.58. The van der Waals surface area contributed by atoms with Crippen LogP contribution in [0, 0.1) is 5.92 Å². The van der Waals surface area contributed by atoms with Gasteiger partial charge in [0.15, 0.2) is 6.29 Å². The zero-order valence-corrected chi connectivity index (χ0v) is 9.00. The van der Waals surface area contributed by atoms with Gasteiger partial charge in [0.1, 0.15) is 5.78 Å². The van der Waals surface area contributed by atoms with Gasteiger partial charge in [-0.2, -0.15) is 0 Å². The van der Waals surface area contributed by atoms with E-state index >= 15 is 0 Å². The van der Waals surface area contributed by atoms with Gasteiger partial charge in [-0.3, -0.25) is 4.79 Å². The summed E-state index contributed by atoms with van der Waals surface area (Å²) in [6.07, 6.45) is 1.55. The Morgan fingerprint density at radius 3 is 2.15 bits per heavy atom. The number of hydrogen-bond acceptors (Lipinski definition) is 3.